The average molecular weight is 414 g/mol. The van der Waals surface area contributed by atoms with Gasteiger partial charge in [0.25, 0.3) is 11.5 Å². The first-order valence-corrected chi connectivity index (χ1v) is 9.91. The predicted molar refractivity (Wildman–Crippen MR) is 114 cm³/mol. The molecule has 0 aliphatic carbocycles. The van der Waals surface area contributed by atoms with E-state index >= 15 is 0 Å². The summed E-state index contributed by atoms with van der Waals surface area (Å²) in [6, 6.07) is 10.7. The first-order chi connectivity index (χ1) is 13.9. The maximum Gasteiger partial charge on any atom is 0.260 e. The van der Waals surface area contributed by atoms with Crippen LogP contribution < -0.4 is 10.3 Å². The molecule has 152 valence electrons. The van der Waals surface area contributed by atoms with Crippen molar-refractivity contribution in [2.45, 2.75) is 33.7 Å². The fraction of sp³-hybridized carbons (Fsp3) is 0.318. The van der Waals surface area contributed by atoms with Crippen LogP contribution in [-0.2, 0) is 11.3 Å². The molecule has 2 aromatic carbocycles. The van der Waals surface area contributed by atoms with E-state index in [4.69, 9.17) is 16.3 Å². The van der Waals surface area contributed by atoms with E-state index in [9.17, 15) is 9.59 Å². The van der Waals surface area contributed by atoms with Gasteiger partial charge in [0.1, 0.15) is 11.6 Å². The number of nitrogens with one attached hydrogen (secondary N) is 1. The summed E-state index contributed by atoms with van der Waals surface area (Å²) in [6.07, 6.45) is 0.777. The highest BCUT2D eigenvalue weighted by atomic mass is 35.5. The third kappa shape index (κ3) is 5.15. The Labute approximate surface area is 174 Å². The highest BCUT2D eigenvalue weighted by Crippen LogP contribution is 2.17. The number of carbonyl (C=O) groups excluding carboxylic acids is 1. The number of ether oxygens (including phenoxy) is 1. The van der Waals surface area contributed by atoms with Crippen LogP contribution in [0.2, 0.25) is 5.02 Å². The fourth-order valence-corrected chi connectivity index (χ4v) is 3.18. The molecule has 0 unspecified atom stereocenters. The Balaban J connectivity index is 1.75. The van der Waals surface area contributed by atoms with E-state index in [2.05, 4.69) is 9.97 Å². The highest BCUT2D eigenvalue weighted by molar-refractivity contribution is 6.31. The molecule has 0 radical (unpaired) electrons. The second-order valence-corrected chi connectivity index (χ2v) is 7.46. The summed E-state index contributed by atoms with van der Waals surface area (Å²) < 4.78 is 5.68. The predicted octanol–water partition coefficient (Wildman–Crippen LogP) is 4.01. The molecule has 1 heterocycles. The molecule has 0 atom stereocenters. The van der Waals surface area contributed by atoms with Crippen LogP contribution in [0.4, 0.5) is 0 Å². The molecule has 3 rings (SSSR count). The smallest absolute Gasteiger partial charge is 0.260 e. The van der Waals surface area contributed by atoms with Gasteiger partial charge in [0.05, 0.1) is 17.4 Å². The number of aryl methyl sites for hydroxylation is 2. The number of aromatic nitrogens is 2. The SMILES string of the molecule is CCCN(Cc1nc2cc(Cl)ccc2c(=O)[nH]1)C(=O)COc1ccc(C)c(C)c1. The van der Waals surface area contributed by atoms with E-state index in [1.807, 2.05) is 39.0 Å². The summed E-state index contributed by atoms with van der Waals surface area (Å²) in [7, 11) is 0. The molecule has 1 aromatic heterocycles. The minimum Gasteiger partial charge on any atom is -0.484 e. The van der Waals surface area contributed by atoms with E-state index in [1.54, 1.807) is 23.1 Å². The van der Waals surface area contributed by atoms with Crippen LogP contribution in [0.1, 0.15) is 30.3 Å². The van der Waals surface area contributed by atoms with E-state index in [0.29, 0.717) is 34.0 Å². The minimum atomic E-state index is -0.253. The number of rotatable bonds is 7. The van der Waals surface area contributed by atoms with Crippen molar-refractivity contribution in [2.24, 2.45) is 0 Å². The zero-order valence-corrected chi connectivity index (χ0v) is 17.5. The van der Waals surface area contributed by atoms with Crippen LogP contribution in [0, 0.1) is 13.8 Å². The van der Waals surface area contributed by atoms with Gasteiger partial charge < -0.3 is 14.6 Å². The summed E-state index contributed by atoms with van der Waals surface area (Å²) in [5.74, 6) is 0.904. The first-order valence-electron chi connectivity index (χ1n) is 9.53. The number of H-pyrrole nitrogens is 1. The molecule has 7 heteroatoms. The van der Waals surface area contributed by atoms with Gasteiger partial charge in [-0.15, -0.1) is 0 Å². The van der Waals surface area contributed by atoms with Gasteiger partial charge in [0.2, 0.25) is 0 Å². The van der Waals surface area contributed by atoms with Crippen molar-refractivity contribution in [1.82, 2.24) is 14.9 Å². The lowest BCUT2D eigenvalue weighted by molar-refractivity contribution is -0.134. The van der Waals surface area contributed by atoms with Crippen molar-refractivity contribution < 1.29 is 9.53 Å². The quantitative estimate of drug-likeness (QED) is 0.635. The van der Waals surface area contributed by atoms with Gasteiger partial charge in [-0.3, -0.25) is 9.59 Å². The lowest BCUT2D eigenvalue weighted by Crippen LogP contribution is -2.36. The van der Waals surface area contributed by atoms with Gasteiger partial charge in [-0.05, 0) is 61.7 Å². The molecule has 0 spiro atoms. The van der Waals surface area contributed by atoms with Crippen molar-refractivity contribution in [3.05, 3.63) is 68.7 Å². The lowest BCUT2D eigenvalue weighted by atomic mass is 10.1. The Bertz CT molecular complexity index is 1090. The van der Waals surface area contributed by atoms with Gasteiger partial charge in [-0.25, -0.2) is 4.98 Å². The normalized spacial score (nSPS) is 10.9. The molecule has 29 heavy (non-hydrogen) atoms. The van der Waals surface area contributed by atoms with Gasteiger partial charge in [0.15, 0.2) is 6.61 Å². The number of amides is 1. The second-order valence-electron chi connectivity index (χ2n) is 7.02. The Hall–Kier alpha value is -2.86. The second kappa shape index (κ2) is 9.09. The van der Waals surface area contributed by atoms with Crippen LogP contribution in [0.5, 0.6) is 5.75 Å². The summed E-state index contributed by atoms with van der Waals surface area (Å²) in [4.78, 5) is 33.9. The number of benzene rings is 2. The molecule has 1 N–H and O–H groups in total. The largest absolute Gasteiger partial charge is 0.484 e. The minimum absolute atomic E-state index is 0.0772. The summed E-state index contributed by atoms with van der Waals surface area (Å²) in [5.41, 5.74) is 2.53. The molecular weight excluding hydrogens is 390 g/mol. The third-order valence-corrected chi connectivity index (χ3v) is 4.98. The highest BCUT2D eigenvalue weighted by Gasteiger charge is 2.16. The number of carbonyl (C=O) groups is 1. The number of nitrogens with zero attached hydrogens (tertiary/aromatic N) is 2. The van der Waals surface area contributed by atoms with Crippen molar-refractivity contribution in [2.75, 3.05) is 13.2 Å². The van der Waals surface area contributed by atoms with Gasteiger partial charge in [-0.2, -0.15) is 0 Å². The van der Waals surface area contributed by atoms with Gasteiger partial charge >= 0.3 is 0 Å². The maximum atomic E-state index is 12.7. The molecule has 0 saturated carbocycles. The van der Waals surface area contributed by atoms with Crippen LogP contribution in [0.3, 0.4) is 0 Å². The molecule has 1 amide bonds. The number of hydrogen-bond acceptors (Lipinski definition) is 4. The van der Waals surface area contributed by atoms with Gasteiger partial charge in [-0.1, -0.05) is 24.6 Å². The van der Waals surface area contributed by atoms with Crippen molar-refractivity contribution in [3.63, 3.8) is 0 Å². The van der Waals surface area contributed by atoms with E-state index in [0.717, 1.165) is 12.0 Å². The Morgan fingerprint density at radius 3 is 2.69 bits per heavy atom. The zero-order valence-electron chi connectivity index (χ0n) is 16.8. The number of halogens is 1. The van der Waals surface area contributed by atoms with Crippen molar-refractivity contribution >= 4 is 28.4 Å². The molecule has 0 aliphatic rings. The summed E-state index contributed by atoms with van der Waals surface area (Å²) >= 11 is 6.02. The fourth-order valence-electron chi connectivity index (χ4n) is 3.02. The topological polar surface area (TPSA) is 75.3 Å². The van der Waals surface area contributed by atoms with Crippen LogP contribution in [-0.4, -0.2) is 33.9 Å². The Morgan fingerprint density at radius 1 is 1.17 bits per heavy atom. The van der Waals surface area contributed by atoms with Crippen LogP contribution in [0.15, 0.2) is 41.2 Å². The standard InChI is InChI=1S/C22H24ClN3O3/c1-4-9-26(21(27)13-29-17-7-5-14(2)15(3)10-17)12-20-24-19-11-16(23)6-8-18(19)22(28)25-20/h5-8,10-11H,4,9,12-13H2,1-3H3,(H,24,25,28). The van der Waals surface area contributed by atoms with E-state index < -0.39 is 0 Å². The zero-order chi connectivity index (χ0) is 21.0. The third-order valence-electron chi connectivity index (χ3n) is 4.75. The molecule has 0 bridgehead atoms. The molecule has 3 aromatic rings. The Kier molecular flexibility index (Phi) is 6.54. The molecule has 0 aliphatic heterocycles. The monoisotopic (exact) mass is 413 g/mol. The Morgan fingerprint density at radius 2 is 1.97 bits per heavy atom. The maximum absolute atomic E-state index is 12.7. The van der Waals surface area contributed by atoms with Gasteiger partial charge in [0, 0.05) is 11.6 Å². The number of aromatic amines is 1. The summed E-state index contributed by atoms with van der Waals surface area (Å²) in [5, 5.41) is 0.967. The van der Waals surface area contributed by atoms with E-state index in [1.165, 1.54) is 5.56 Å². The number of hydrogen-bond donors (Lipinski definition) is 1. The van der Waals surface area contributed by atoms with Crippen molar-refractivity contribution in [1.29, 1.82) is 0 Å². The van der Waals surface area contributed by atoms with E-state index in [-0.39, 0.29) is 24.6 Å². The van der Waals surface area contributed by atoms with Crippen LogP contribution in [0.25, 0.3) is 10.9 Å². The molecule has 6 nitrogen and oxygen atoms in total. The molecular formula is C22H24ClN3O3. The average Bonchev–Trinajstić information content (AvgIpc) is 2.68. The first kappa shape index (κ1) is 20.9. The lowest BCUT2D eigenvalue weighted by Gasteiger charge is -2.22. The summed E-state index contributed by atoms with van der Waals surface area (Å²) in [6.45, 7) is 6.67. The van der Waals surface area contributed by atoms with Crippen molar-refractivity contribution in [3.8, 4) is 5.75 Å². The number of fused-ring (bicyclic) bond motifs is 1. The molecule has 0 saturated heterocycles. The molecule has 0 fully saturated rings. The van der Waals surface area contributed by atoms with Crippen LogP contribution >= 0.6 is 11.6 Å².